The Bertz CT molecular complexity index is 687. The minimum atomic E-state index is -0.368. The normalized spacial score (nSPS) is 13.1. The van der Waals surface area contributed by atoms with Crippen LogP contribution < -0.4 is 16.0 Å². The third-order valence-corrected chi connectivity index (χ3v) is 3.54. The second kappa shape index (κ2) is 5.44. The first-order valence-electron chi connectivity index (χ1n) is 6.80. The quantitative estimate of drug-likeness (QED) is 0.851. The van der Waals surface area contributed by atoms with Crippen molar-refractivity contribution in [3.05, 3.63) is 53.8 Å². The van der Waals surface area contributed by atoms with Crippen molar-refractivity contribution in [3.8, 4) is 0 Å². The van der Waals surface area contributed by atoms with E-state index >= 15 is 0 Å². The van der Waals surface area contributed by atoms with Crippen LogP contribution in [-0.2, 0) is 11.2 Å². The van der Waals surface area contributed by atoms with Crippen LogP contribution in [-0.4, -0.2) is 19.0 Å². The smallest absolute Gasteiger partial charge is 0.243 e. The summed E-state index contributed by atoms with van der Waals surface area (Å²) in [5, 5.41) is 2.70. The van der Waals surface area contributed by atoms with E-state index in [0.29, 0.717) is 11.4 Å². The number of nitrogens with one attached hydrogen (secondary N) is 1. The van der Waals surface area contributed by atoms with E-state index in [1.165, 1.54) is 17.7 Å². The van der Waals surface area contributed by atoms with Crippen molar-refractivity contribution in [2.24, 2.45) is 0 Å². The van der Waals surface area contributed by atoms with Gasteiger partial charge in [0.1, 0.15) is 5.82 Å². The predicted octanol–water partition coefficient (Wildman–Crippen LogP) is 2.41. The Morgan fingerprint density at radius 2 is 2.14 bits per heavy atom. The van der Waals surface area contributed by atoms with Crippen LogP contribution in [0.5, 0.6) is 0 Å². The van der Waals surface area contributed by atoms with Gasteiger partial charge in [-0.15, -0.1) is 0 Å². The highest BCUT2D eigenvalue weighted by Crippen LogP contribution is 2.29. The first-order chi connectivity index (χ1) is 10.1. The molecule has 1 aliphatic rings. The molecule has 0 aliphatic carbocycles. The molecule has 3 N–H and O–H groups in total. The summed E-state index contributed by atoms with van der Waals surface area (Å²) in [5.74, 6) is -0.539. The number of halogens is 1. The van der Waals surface area contributed by atoms with Crippen molar-refractivity contribution in [2.75, 3.05) is 29.0 Å². The lowest BCUT2D eigenvalue weighted by molar-refractivity contribution is -0.115. The van der Waals surface area contributed by atoms with E-state index < -0.39 is 0 Å². The van der Waals surface area contributed by atoms with Gasteiger partial charge >= 0.3 is 0 Å². The fourth-order valence-electron chi connectivity index (χ4n) is 2.57. The molecule has 1 amide bonds. The lowest BCUT2D eigenvalue weighted by atomic mass is 10.1. The molecule has 1 heterocycles. The number of anilines is 3. The van der Waals surface area contributed by atoms with Crippen LogP contribution >= 0.6 is 0 Å². The highest BCUT2D eigenvalue weighted by molar-refractivity contribution is 5.94. The fourth-order valence-corrected chi connectivity index (χ4v) is 2.57. The Morgan fingerprint density at radius 3 is 2.95 bits per heavy atom. The van der Waals surface area contributed by atoms with Crippen LogP contribution in [0.3, 0.4) is 0 Å². The maximum absolute atomic E-state index is 13.1. The fraction of sp³-hybridized carbons (Fsp3) is 0.188. The molecule has 2 aromatic carbocycles. The van der Waals surface area contributed by atoms with Crippen molar-refractivity contribution < 1.29 is 9.18 Å². The number of carbonyl (C=O) groups excluding carboxylic acids is 1. The zero-order valence-electron chi connectivity index (χ0n) is 11.5. The summed E-state index contributed by atoms with van der Waals surface area (Å²) in [6.07, 6.45) is 0.906. The third-order valence-electron chi connectivity index (χ3n) is 3.54. The van der Waals surface area contributed by atoms with E-state index in [4.69, 9.17) is 5.73 Å². The molecule has 1 aliphatic heterocycles. The number of nitrogen functional groups attached to an aromatic ring is 1. The van der Waals surface area contributed by atoms with Crippen molar-refractivity contribution in [1.29, 1.82) is 0 Å². The molecule has 0 aromatic heterocycles. The molecular weight excluding hydrogens is 269 g/mol. The summed E-state index contributed by atoms with van der Waals surface area (Å²) in [6, 6.07) is 11.6. The molecule has 0 atom stereocenters. The molecule has 0 saturated carbocycles. The van der Waals surface area contributed by atoms with Gasteiger partial charge in [-0.05, 0) is 42.3 Å². The standard InChI is InChI=1S/C16H16FN3O/c17-12-2-1-3-14(8-12)19-16(21)10-20-7-6-11-4-5-13(18)9-15(11)20/h1-5,8-9H,6-7,10,18H2,(H,19,21). The second-order valence-corrected chi connectivity index (χ2v) is 5.12. The number of nitrogens with zero attached hydrogens (tertiary/aromatic N) is 1. The van der Waals surface area contributed by atoms with Gasteiger partial charge in [0, 0.05) is 23.6 Å². The van der Waals surface area contributed by atoms with Gasteiger partial charge in [0.25, 0.3) is 0 Å². The largest absolute Gasteiger partial charge is 0.399 e. The molecule has 0 fully saturated rings. The van der Waals surface area contributed by atoms with Crippen molar-refractivity contribution in [1.82, 2.24) is 0 Å². The first-order valence-corrected chi connectivity index (χ1v) is 6.80. The molecule has 21 heavy (non-hydrogen) atoms. The molecule has 2 aromatic rings. The van der Waals surface area contributed by atoms with Gasteiger partial charge in [-0.1, -0.05) is 12.1 Å². The molecule has 4 nitrogen and oxygen atoms in total. The Kier molecular flexibility index (Phi) is 3.48. The van der Waals surface area contributed by atoms with Gasteiger partial charge in [0.05, 0.1) is 6.54 Å². The van der Waals surface area contributed by atoms with E-state index in [1.807, 2.05) is 23.1 Å². The number of fused-ring (bicyclic) bond motifs is 1. The maximum Gasteiger partial charge on any atom is 0.243 e. The minimum Gasteiger partial charge on any atom is -0.399 e. The van der Waals surface area contributed by atoms with Gasteiger partial charge in [-0.3, -0.25) is 4.79 Å². The van der Waals surface area contributed by atoms with Crippen molar-refractivity contribution in [3.63, 3.8) is 0 Å². The van der Waals surface area contributed by atoms with Crippen LogP contribution in [0.25, 0.3) is 0 Å². The van der Waals surface area contributed by atoms with Gasteiger partial charge in [-0.25, -0.2) is 4.39 Å². The third kappa shape index (κ3) is 2.97. The van der Waals surface area contributed by atoms with Gasteiger partial charge in [0.2, 0.25) is 5.91 Å². The first kappa shape index (κ1) is 13.4. The SMILES string of the molecule is Nc1ccc2c(c1)N(CC(=O)Nc1cccc(F)c1)CC2. The maximum atomic E-state index is 13.1. The summed E-state index contributed by atoms with van der Waals surface area (Å²) >= 11 is 0. The van der Waals surface area contributed by atoms with Crippen LogP contribution in [0.4, 0.5) is 21.5 Å². The number of rotatable bonds is 3. The van der Waals surface area contributed by atoms with Crippen molar-refractivity contribution >= 4 is 23.0 Å². The molecule has 0 radical (unpaired) electrons. The molecular formula is C16H16FN3O. The second-order valence-electron chi connectivity index (χ2n) is 5.12. The van der Waals surface area contributed by atoms with E-state index in [9.17, 15) is 9.18 Å². The zero-order valence-corrected chi connectivity index (χ0v) is 11.5. The molecule has 108 valence electrons. The topological polar surface area (TPSA) is 58.4 Å². The van der Waals surface area contributed by atoms with Gasteiger partial charge < -0.3 is 16.0 Å². The summed E-state index contributed by atoms with van der Waals surface area (Å²) in [6.45, 7) is 1.02. The average Bonchev–Trinajstić information content (AvgIpc) is 2.81. The lowest BCUT2D eigenvalue weighted by Gasteiger charge is -2.19. The van der Waals surface area contributed by atoms with Gasteiger partial charge in [-0.2, -0.15) is 0 Å². The minimum absolute atomic E-state index is 0.170. The van der Waals surface area contributed by atoms with Crippen LogP contribution in [0.15, 0.2) is 42.5 Å². The summed E-state index contributed by atoms with van der Waals surface area (Å²) in [7, 11) is 0. The average molecular weight is 285 g/mol. The zero-order chi connectivity index (χ0) is 14.8. The molecule has 0 saturated heterocycles. The van der Waals surface area contributed by atoms with E-state index in [-0.39, 0.29) is 18.3 Å². The molecule has 5 heteroatoms. The lowest BCUT2D eigenvalue weighted by Crippen LogP contribution is -2.31. The van der Waals surface area contributed by atoms with E-state index in [1.54, 1.807) is 12.1 Å². The van der Waals surface area contributed by atoms with Crippen LogP contribution in [0, 0.1) is 5.82 Å². The molecule has 0 spiro atoms. The Hall–Kier alpha value is -2.56. The van der Waals surface area contributed by atoms with Crippen LogP contribution in [0.1, 0.15) is 5.56 Å². The number of hydrogen-bond acceptors (Lipinski definition) is 3. The Balaban J connectivity index is 1.68. The Morgan fingerprint density at radius 1 is 1.29 bits per heavy atom. The van der Waals surface area contributed by atoms with E-state index in [0.717, 1.165) is 18.7 Å². The van der Waals surface area contributed by atoms with Crippen molar-refractivity contribution in [2.45, 2.75) is 6.42 Å². The highest BCUT2D eigenvalue weighted by atomic mass is 19.1. The summed E-state index contributed by atoms with van der Waals surface area (Å²) < 4.78 is 13.1. The number of benzene rings is 2. The number of nitrogens with two attached hydrogens (primary N) is 1. The Labute approximate surface area is 122 Å². The molecule has 0 unspecified atom stereocenters. The molecule has 0 bridgehead atoms. The molecule has 3 rings (SSSR count). The van der Waals surface area contributed by atoms with Gasteiger partial charge in [0.15, 0.2) is 0 Å². The number of hydrogen-bond donors (Lipinski definition) is 2. The number of carbonyl (C=O) groups is 1. The summed E-state index contributed by atoms with van der Waals surface area (Å²) in [4.78, 5) is 14.1. The predicted molar refractivity (Wildman–Crippen MR) is 81.8 cm³/mol. The highest BCUT2D eigenvalue weighted by Gasteiger charge is 2.21. The van der Waals surface area contributed by atoms with Crippen LogP contribution in [0.2, 0.25) is 0 Å². The summed E-state index contributed by atoms with van der Waals surface area (Å²) in [5.41, 5.74) is 9.15. The van der Waals surface area contributed by atoms with E-state index in [2.05, 4.69) is 5.32 Å². The number of amides is 1. The monoisotopic (exact) mass is 285 g/mol.